The average molecular weight is 239 g/mol. The minimum absolute atomic E-state index is 0.0502. The lowest BCUT2D eigenvalue weighted by molar-refractivity contribution is 0.103. The second kappa shape index (κ2) is 6.19. The van der Waals surface area contributed by atoms with Gasteiger partial charge in [-0.15, -0.1) is 0 Å². The fourth-order valence-electron chi connectivity index (χ4n) is 3.63. The van der Waals surface area contributed by atoms with Gasteiger partial charge < -0.3 is 10.4 Å². The van der Waals surface area contributed by atoms with Gasteiger partial charge in [0.15, 0.2) is 0 Å². The fourth-order valence-corrected chi connectivity index (χ4v) is 3.63. The van der Waals surface area contributed by atoms with Gasteiger partial charge in [-0.2, -0.15) is 0 Å². The summed E-state index contributed by atoms with van der Waals surface area (Å²) in [4.78, 5) is 0. The average Bonchev–Trinajstić information content (AvgIpc) is 2.29. The Hall–Kier alpha value is -0.0800. The van der Waals surface area contributed by atoms with Crippen molar-refractivity contribution in [3.8, 4) is 0 Å². The molecule has 4 unspecified atom stereocenters. The van der Waals surface area contributed by atoms with Crippen LogP contribution in [0.1, 0.15) is 65.2 Å². The smallest absolute Gasteiger partial charge is 0.0555 e. The van der Waals surface area contributed by atoms with Crippen molar-refractivity contribution in [1.29, 1.82) is 0 Å². The Labute approximate surface area is 106 Å². The summed E-state index contributed by atoms with van der Waals surface area (Å²) >= 11 is 0. The van der Waals surface area contributed by atoms with E-state index in [1.54, 1.807) is 0 Å². The predicted octanol–water partition coefficient (Wildman–Crippen LogP) is 3.09. The van der Waals surface area contributed by atoms with Gasteiger partial charge in [0, 0.05) is 12.1 Å². The molecule has 2 N–H and O–H groups in total. The number of rotatable bonds is 3. The fraction of sp³-hybridized carbons (Fsp3) is 1.00. The lowest BCUT2D eigenvalue weighted by Crippen LogP contribution is -2.44. The molecule has 17 heavy (non-hydrogen) atoms. The highest BCUT2D eigenvalue weighted by molar-refractivity contribution is 4.85. The SMILES string of the molecule is CC(C)C1CCCC(NC2CCCC(O)C2)C1. The molecular weight excluding hydrogens is 210 g/mol. The van der Waals surface area contributed by atoms with E-state index >= 15 is 0 Å². The molecule has 0 aromatic rings. The largest absolute Gasteiger partial charge is 0.393 e. The summed E-state index contributed by atoms with van der Waals surface area (Å²) in [6, 6.07) is 1.29. The van der Waals surface area contributed by atoms with Gasteiger partial charge in [0.2, 0.25) is 0 Å². The maximum Gasteiger partial charge on any atom is 0.0555 e. The Balaban J connectivity index is 1.78. The molecule has 2 aliphatic rings. The first-order chi connectivity index (χ1) is 8.15. The maximum absolute atomic E-state index is 9.71. The Morgan fingerprint density at radius 3 is 2.24 bits per heavy atom. The molecule has 0 amide bonds. The number of hydrogen-bond donors (Lipinski definition) is 2. The van der Waals surface area contributed by atoms with E-state index in [-0.39, 0.29) is 6.10 Å². The van der Waals surface area contributed by atoms with Gasteiger partial charge in [-0.3, -0.25) is 0 Å². The highest BCUT2D eigenvalue weighted by atomic mass is 16.3. The topological polar surface area (TPSA) is 32.3 Å². The first-order valence-corrected chi connectivity index (χ1v) is 7.59. The van der Waals surface area contributed by atoms with Crippen molar-refractivity contribution in [2.45, 2.75) is 83.4 Å². The van der Waals surface area contributed by atoms with Crippen LogP contribution < -0.4 is 5.32 Å². The Kier molecular flexibility index (Phi) is 4.87. The molecule has 0 aromatic heterocycles. The van der Waals surface area contributed by atoms with Gasteiger partial charge in [-0.05, 0) is 50.4 Å². The van der Waals surface area contributed by atoms with Crippen molar-refractivity contribution < 1.29 is 5.11 Å². The van der Waals surface area contributed by atoms with Gasteiger partial charge in [0.05, 0.1) is 6.10 Å². The molecule has 2 rings (SSSR count). The molecule has 0 saturated heterocycles. The molecule has 0 radical (unpaired) electrons. The zero-order valence-electron chi connectivity index (χ0n) is 11.5. The first kappa shape index (κ1) is 13.4. The third-order valence-corrected chi connectivity index (χ3v) is 4.78. The van der Waals surface area contributed by atoms with E-state index in [2.05, 4.69) is 19.2 Å². The van der Waals surface area contributed by atoms with E-state index in [0.717, 1.165) is 24.7 Å². The summed E-state index contributed by atoms with van der Waals surface area (Å²) in [5, 5.41) is 13.5. The van der Waals surface area contributed by atoms with Crippen molar-refractivity contribution in [3.05, 3.63) is 0 Å². The summed E-state index contributed by atoms with van der Waals surface area (Å²) in [5.74, 6) is 1.74. The van der Waals surface area contributed by atoms with Gasteiger partial charge in [-0.1, -0.05) is 26.7 Å². The Morgan fingerprint density at radius 2 is 1.59 bits per heavy atom. The van der Waals surface area contributed by atoms with Crippen molar-refractivity contribution in [1.82, 2.24) is 5.32 Å². The van der Waals surface area contributed by atoms with E-state index in [0.29, 0.717) is 12.1 Å². The van der Waals surface area contributed by atoms with Crippen LogP contribution in [-0.2, 0) is 0 Å². The molecule has 100 valence electrons. The van der Waals surface area contributed by atoms with Crippen molar-refractivity contribution >= 4 is 0 Å². The van der Waals surface area contributed by atoms with E-state index in [1.165, 1.54) is 38.5 Å². The third kappa shape index (κ3) is 3.96. The number of hydrogen-bond acceptors (Lipinski definition) is 2. The summed E-state index contributed by atoms with van der Waals surface area (Å²) in [6.07, 6.45) is 9.89. The number of aliphatic hydroxyl groups excluding tert-OH is 1. The van der Waals surface area contributed by atoms with Crippen LogP contribution in [0.15, 0.2) is 0 Å². The molecule has 2 nitrogen and oxygen atoms in total. The van der Waals surface area contributed by atoms with E-state index < -0.39 is 0 Å². The molecule has 0 heterocycles. The van der Waals surface area contributed by atoms with Gasteiger partial charge in [0.1, 0.15) is 0 Å². The lowest BCUT2D eigenvalue weighted by atomic mass is 9.78. The highest BCUT2D eigenvalue weighted by Gasteiger charge is 2.27. The van der Waals surface area contributed by atoms with Crippen molar-refractivity contribution in [2.24, 2.45) is 11.8 Å². The normalized spacial score (nSPS) is 39.5. The maximum atomic E-state index is 9.71. The molecule has 0 aliphatic heterocycles. The number of nitrogens with one attached hydrogen (secondary N) is 1. The van der Waals surface area contributed by atoms with Crippen LogP contribution in [0.4, 0.5) is 0 Å². The second-order valence-electron chi connectivity index (χ2n) is 6.55. The molecule has 2 aliphatic carbocycles. The molecule has 2 fully saturated rings. The zero-order valence-corrected chi connectivity index (χ0v) is 11.5. The van der Waals surface area contributed by atoms with Crippen LogP contribution in [0, 0.1) is 11.8 Å². The minimum atomic E-state index is -0.0502. The standard InChI is InChI=1S/C15H29NO/c1-11(2)12-5-3-6-13(9-12)16-14-7-4-8-15(17)10-14/h11-17H,3-10H2,1-2H3. The zero-order chi connectivity index (χ0) is 12.3. The lowest BCUT2D eigenvalue weighted by Gasteiger charge is -2.36. The van der Waals surface area contributed by atoms with E-state index in [1.807, 2.05) is 0 Å². The molecule has 4 atom stereocenters. The van der Waals surface area contributed by atoms with Crippen molar-refractivity contribution in [3.63, 3.8) is 0 Å². The van der Waals surface area contributed by atoms with Crippen LogP contribution in [0.2, 0.25) is 0 Å². The summed E-state index contributed by atoms with van der Waals surface area (Å²) in [5.41, 5.74) is 0. The van der Waals surface area contributed by atoms with Crippen LogP contribution in [0.25, 0.3) is 0 Å². The van der Waals surface area contributed by atoms with Crippen LogP contribution in [0.3, 0.4) is 0 Å². The minimum Gasteiger partial charge on any atom is -0.393 e. The van der Waals surface area contributed by atoms with Gasteiger partial charge in [0.25, 0.3) is 0 Å². The summed E-state index contributed by atoms with van der Waals surface area (Å²) < 4.78 is 0. The van der Waals surface area contributed by atoms with Crippen LogP contribution in [-0.4, -0.2) is 23.3 Å². The monoisotopic (exact) mass is 239 g/mol. The first-order valence-electron chi connectivity index (χ1n) is 7.59. The number of aliphatic hydroxyl groups is 1. The summed E-state index contributed by atoms with van der Waals surface area (Å²) in [7, 11) is 0. The van der Waals surface area contributed by atoms with E-state index in [9.17, 15) is 5.11 Å². The summed E-state index contributed by atoms with van der Waals surface area (Å²) in [6.45, 7) is 4.72. The second-order valence-corrected chi connectivity index (χ2v) is 6.55. The highest BCUT2D eigenvalue weighted by Crippen LogP contribution is 2.31. The quantitative estimate of drug-likeness (QED) is 0.793. The van der Waals surface area contributed by atoms with Crippen LogP contribution in [0.5, 0.6) is 0 Å². The van der Waals surface area contributed by atoms with Gasteiger partial charge >= 0.3 is 0 Å². The molecule has 0 bridgehead atoms. The molecule has 2 saturated carbocycles. The Bertz CT molecular complexity index is 229. The third-order valence-electron chi connectivity index (χ3n) is 4.78. The molecule has 0 spiro atoms. The Morgan fingerprint density at radius 1 is 0.941 bits per heavy atom. The predicted molar refractivity (Wildman–Crippen MR) is 72.0 cm³/mol. The molecular formula is C15H29NO. The molecule has 0 aromatic carbocycles. The van der Waals surface area contributed by atoms with Gasteiger partial charge in [-0.25, -0.2) is 0 Å². The van der Waals surface area contributed by atoms with Crippen LogP contribution >= 0.6 is 0 Å². The van der Waals surface area contributed by atoms with E-state index in [4.69, 9.17) is 0 Å². The van der Waals surface area contributed by atoms with Crippen molar-refractivity contribution in [2.75, 3.05) is 0 Å². The molecule has 2 heteroatoms.